The number of ether oxygens (including phenoxy) is 4. The van der Waals surface area contributed by atoms with Gasteiger partial charge in [-0.2, -0.15) is 9.78 Å². The highest BCUT2D eigenvalue weighted by atomic mass is 19.3. The van der Waals surface area contributed by atoms with Gasteiger partial charge in [-0.05, 0) is 29.8 Å². The summed E-state index contributed by atoms with van der Waals surface area (Å²) in [6, 6.07) is 16.2. The molecule has 0 spiro atoms. The van der Waals surface area contributed by atoms with Crippen LogP contribution in [0.2, 0.25) is 0 Å². The number of anilines is 1. The van der Waals surface area contributed by atoms with Gasteiger partial charge in [-0.1, -0.05) is 36.4 Å². The molecular weight excluding hydrogens is 486 g/mol. The summed E-state index contributed by atoms with van der Waals surface area (Å²) in [5.41, 5.74) is 2.10. The molecule has 0 bridgehead atoms. The number of rotatable bonds is 3. The quantitative estimate of drug-likeness (QED) is 0.352. The van der Waals surface area contributed by atoms with Gasteiger partial charge in [0.05, 0.1) is 0 Å². The maximum Gasteiger partial charge on any atom is 0.586 e. The number of halogens is 4. The van der Waals surface area contributed by atoms with Crippen molar-refractivity contribution in [2.24, 2.45) is 0 Å². The normalized spacial score (nSPS) is 16.1. The fourth-order valence-corrected chi connectivity index (χ4v) is 3.82. The van der Waals surface area contributed by atoms with E-state index >= 15 is 0 Å². The molecule has 8 nitrogen and oxygen atoms in total. The van der Waals surface area contributed by atoms with E-state index in [9.17, 15) is 22.4 Å². The maximum atomic E-state index is 13.5. The van der Waals surface area contributed by atoms with Gasteiger partial charge < -0.3 is 24.3 Å². The first-order valence-corrected chi connectivity index (χ1v) is 10.4. The van der Waals surface area contributed by atoms with Crippen molar-refractivity contribution in [3.05, 3.63) is 72.9 Å². The highest BCUT2D eigenvalue weighted by molar-refractivity contribution is 5.93. The topological polar surface area (TPSA) is 83.8 Å². The summed E-state index contributed by atoms with van der Waals surface area (Å²) in [5.74, 6) is -0.686. The number of nitrogens with one attached hydrogen (secondary N) is 1. The lowest BCUT2D eigenvalue weighted by molar-refractivity contribution is -0.287. The Bertz CT molecular complexity index is 1510. The van der Waals surface area contributed by atoms with E-state index in [0.29, 0.717) is 22.4 Å². The average Bonchev–Trinajstić information content (AvgIpc) is 3.49. The van der Waals surface area contributed by atoms with Gasteiger partial charge in [-0.15, -0.1) is 17.6 Å². The molecule has 0 saturated heterocycles. The first-order chi connectivity index (χ1) is 17.2. The van der Waals surface area contributed by atoms with E-state index in [1.165, 1.54) is 42.6 Å². The lowest BCUT2D eigenvalue weighted by atomic mass is 10.0. The van der Waals surface area contributed by atoms with Crippen molar-refractivity contribution in [3.63, 3.8) is 0 Å². The van der Waals surface area contributed by atoms with Gasteiger partial charge in [0.2, 0.25) is 0 Å². The number of amides is 1. The number of benzene rings is 3. The summed E-state index contributed by atoms with van der Waals surface area (Å²) in [5, 5.41) is 6.93. The summed E-state index contributed by atoms with van der Waals surface area (Å²) in [6.45, 7) is 0. The maximum absolute atomic E-state index is 13.5. The van der Waals surface area contributed by atoms with Crippen LogP contribution < -0.4 is 24.3 Å². The van der Waals surface area contributed by atoms with Crippen LogP contribution in [0.1, 0.15) is 0 Å². The molecule has 0 aliphatic carbocycles. The second-order valence-electron chi connectivity index (χ2n) is 7.79. The van der Waals surface area contributed by atoms with Gasteiger partial charge in [0, 0.05) is 29.1 Å². The number of carbonyl (C=O) groups is 1. The molecule has 0 fully saturated rings. The van der Waals surface area contributed by atoms with E-state index < -0.39 is 18.6 Å². The molecule has 6 rings (SSSR count). The van der Waals surface area contributed by atoms with Crippen LogP contribution in [-0.4, -0.2) is 28.4 Å². The summed E-state index contributed by atoms with van der Waals surface area (Å²) >= 11 is 0. The summed E-state index contributed by atoms with van der Waals surface area (Å²) in [6.07, 6.45) is -6.16. The van der Waals surface area contributed by atoms with Crippen LogP contribution >= 0.6 is 0 Å². The molecule has 36 heavy (non-hydrogen) atoms. The van der Waals surface area contributed by atoms with Gasteiger partial charge in [0.25, 0.3) is 0 Å². The molecule has 2 aliphatic heterocycles. The lowest BCUT2D eigenvalue weighted by Crippen LogP contribution is -2.26. The Morgan fingerprint density at radius 2 is 1.36 bits per heavy atom. The third kappa shape index (κ3) is 3.91. The minimum absolute atomic E-state index is 0.122. The van der Waals surface area contributed by atoms with Crippen LogP contribution in [0.15, 0.2) is 72.9 Å². The van der Waals surface area contributed by atoms with Gasteiger partial charge in [0.15, 0.2) is 23.0 Å². The fraction of sp³-hybridized carbons (Fsp3) is 0.0833. The van der Waals surface area contributed by atoms with Crippen LogP contribution in [0.25, 0.3) is 22.4 Å². The standard InChI is InChI=1S/C24H13F4N3O5/c25-23(26)33-17-8-6-14(10-19(17)35-23)16-12-31(30-21(16)13-4-2-1-3-5-13)22(32)29-15-7-9-18-20(11-15)36-24(27,28)34-18/h1-12H,(H,29,32). The first kappa shape index (κ1) is 21.8. The third-order valence-corrected chi connectivity index (χ3v) is 5.33. The van der Waals surface area contributed by atoms with Gasteiger partial charge >= 0.3 is 18.6 Å². The number of alkyl halides is 4. The minimum atomic E-state index is -3.79. The molecular formula is C24H13F4N3O5. The van der Waals surface area contributed by atoms with E-state index in [-0.39, 0.29) is 28.7 Å². The van der Waals surface area contributed by atoms with Crippen LogP contribution in [0, 0.1) is 0 Å². The second kappa shape index (κ2) is 7.63. The van der Waals surface area contributed by atoms with E-state index in [1.807, 2.05) is 0 Å². The number of aromatic nitrogens is 2. The molecule has 1 N–H and O–H groups in total. The Morgan fingerprint density at radius 3 is 2.06 bits per heavy atom. The van der Waals surface area contributed by atoms with Gasteiger partial charge in [-0.3, -0.25) is 0 Å². The number of nitrogens with zero attached hydrogens (tertiary/aromatic N) is 2. The SMILES string of the molecule is O=C(Nc1ccc2c(c1)OC(F)(F)O2)n1cc(-c2ccc3c(c2)OC(F)(F)O3)c(-c2ccccc2)n1. The number of hydrogen-bond donors (Lipinski definition) is 1. The Morgan fingerprint density at radius 1 is 0.750 bits per heavy atom. The lowest BCUT2D eigenvalue weighted by Gasteiger charge is -2.05. The monoisotopic (exact) mass is 499 g/mol. The van der Waals surface area contributed by atoms with Crippen LogP contribution in [-0.2, 0) is 0 Å². The zero-order valence-corrected chi connectivity index (χ0v) is 17.9. The smallest absolute Gasteiger partial charge is 0.395 e. The molecule has 12 heteroatoms. The largest absolute Gasteiger partial charge is 0.586 e. The molecule has 0 unspecified atom stereocenters. The second-order valence-corrected chi connectivity index (χ2v) is 7.79. The Kier molecular flexibility index (Phi) is 4.62. The fourth-order valence-electron chi connectivity index (χ4n) is 3.82. The number of hydrogen-bond acceptors (Lipinski definition) is 6. The summed E-state index contributed by atoms with van der Waals surface area (Å²) in [7, 11) is 0. The van der Waals surface area contributed by atoms with E-state index in [1.54, 1.807) is 30.3 Å². The zero-order valence-electron chi connectivity index (χ0n) is 17.9. The van der Waals surface area contributed by atoms with Crippen molar-refractivity contribution in [2.75, 3.05) is 5.32 Å². The van der Waals surface area contributed by atoms with Crippen molar-refractivity contribution in [2.45, 2.75) is 12.6 Å². The van der Waals surface area contributed by atoms with E-state index in [2.05, 4.69) is 29.4 Å². The Hall–Kier alpha value is -4.74. The van der Waals surface area contributed by atoms with Crippen molar-refractivity contribution in [1.29, 1.82) is 0 Å². The van der Waals surface area contributed by atoms with Crippen LogP contribution in [0.3, 0.4) is 0 Å². The minimum Gasteiger partial charge on any atom is -0.395 e. The van der Waals surface area contributed by atoms with Gasteiger partial charge in [-0.25, -0.2) is 4.79 Å². The van der Waals surface area contributed by atoms with Crippen molar-refractivity contribution < 1.29 is 41.3 Å². The summed E-state index contributed by atoms with van der Waals surface area (Å²) < 4.78 is 72.3. The van der Waals surface area contributed by atoms with Crippen molar-refractivity contribution in [3.8, 4) is 45.4 Å². The average molecular weight is 499 g/mol. The highest BCUT2D eigenvalue weighted by Crippen LogP contribution is 2.44. The molecule has 3 heterocycles. The Labute approximate surface area is 199 Å². The number of fused-ring (bicyclic) bond motifs is 2. The predicted molar refractivity (Wildman–Crippen MR) is 116 cm³/mol. The zero-order chi connectivity index (χ0) is 25.1. The first-order valence-electron chi connectivity index (χ1n) is 10.4. The Balaban J connectivity index is 1.34. The van der Waals surface area contributed by atoms with Crippen LogP contribution in [0.5, 0.6) is 23.0 Å². The predicted octanol–water partition coefficient (Wildman–Crippen LogP) is 5.94. The molecule has 182 valence electrons. The molecule has 0 atom stereocenters. The number of carbonyl (C=O) groups excluding carboxylic acids is 1. The van der Waals surface area contributed by atoms with Crippen LogP contribution in [0.4, 0.5) is 28.0 Å². The molecule has 1 amide bonds. The van der Waals surface area contributed by atoms with Crippen molar-refractivity contribution >= 4 is 11.7 Å². The molecule has 0 radical (unpaired) electrons. The molecule has 3 aromatic carbocycles. The van der Waals surface area contributed by atoms with Crippen molar-refractivity contribution in [1.82, 2.24) is 9.78 Å². The third-order valence-electron chi connectivity index (χ3n) is 5.33. The molecule has 4 aromatic rings. The molecule has 0 saturated carbocycles. The molecule has 2 aliphatic rings. The van der Waals surface area contributed by atoms with E-state index in [4.69, 9.17) is 0 Å². The van der Waals surface area contributed by atoms with Gasteiger partial charge in [0.1, 0.15) is 5.69 Å². The molecule has 1 aromatic heterocycles. The highest BCUT2D eigenvalue weighted by Gasteiger charge is 2.44. The summed E-state index contributed by atoms with van der Waals surface area (Å²) in [4.78, 5) is 13.0. The van der Waals surface area contributed by atoms with E-state index in [0.717, 1.165) is 4.68 Å².